The first-order chi connectivity index (χ1) is 10.9. The second-order valence-corrected chi connectivity index (χ2v) is 6.19. The van der Waals surface area contributed by atoms with Crippen LogP contribution in [0.1, 0.15) is 48.5 Å². The lowest BCUT2D eigenvalue weighted by molar-refractivity contribution is 0.0696. The number of hydrogen-bond acceptors (Lipinski definition) is 2. The van der Waals surface area contributed by atoms with Crippen molar-refractivity contribution in [1.82, 2.24) is 0 Å². The van der Waals surface area contributed by atoms with E-state index in [9.17, 15) is 14.7 Å². The molecule has 1 aliphatic rings. The minimum Gasteiger partial charge on any atom is -0.478 e. The van der Waals surface area contributed by atoms with Gasteiger partial charge in [0.2, 0.25) is 0 Å². The van der Waals surface area contributed by atoms with E-state index in [0.29, 0.717) is 17.6 Å². The number of carboxylic acids is 1. The Labute approximate surface area is 135 Å². The summed E-state index contributed by atoms with van der Waals surface area (Å²) >= 11 is 0. The quantitative estimate of drug-likeness (QED) is 0.849. The number of aromatic carboxylic acids is 1. The fourth-order valence-corrected chi connectivity index (χ4v) is 3.27. The Balaban J connectivity index is 2.10. The molecule has 0 unspecified atom stereocenters. The van der Waals surface area contributed by atoms with Gasteiger partial charge in [0.05, 0.1) is 5.56 Å². The first kappa shape index (κ1) is 15.2. The van der Waals surface area contributed by atoms with Gasteiger partial charge in [-0.25, -0.2) is 4.79 Å². The van der Waals surface area contributed by atoms with Crippen molar-refractivity contribution in [3.05, 3.63) is 74.8 Å². The van der Waals surface area contributed by atoms with E-state index in [2.05, 4.69) is 0 Å². The minimum atomic E-state index is -0.980. The predicted molar refractivity (Wildman–Crippen MR) is 90.1 cm³/mol. The molecule has 2 aromatic carbocycles. The van der Waals surface area contributed by atoms with E-state index in [1.54, 1.807) is 18.2 Å². The summed E-state index contributed by atoms with van der Waals surface area (Å²) < 4.78 is 0. The van der Waals surface area contributed by atoms with Crippen molar-refractivity contribution in [3.8, 4) is 0 Å². The molecule has 0 aromatic heterocycles. The molecule has 116 valence electrons. The van der Waals surface area contributed by atoms with Crippen LogP contribution in [0.15, 0.2) is 35.9 Å². The van der Waals surface area contributed by atoms with Crippen LogP contribution in [0, 0.1) is 20.8 Å². The van der Waals surface area contributed by atoms with Gasteiger partial charge in [-0.1, -0.05) is 35.4 Å². The number of Topliss-reactive ketones (excluding diaryl/α,β-unsaturated/α-hetero) is 1. The average molecular weight is 306 g/mol. The van der Waals surface area contributed by atoms with Crippen LogP contribution in [0.3, 0.4) is 0 Å². The summed E-state index contributed by atoms with van der Waals surface area (Å²) in [7, 11) is 0. The van der Waals surface area contributed by atoms with Crippen LogP contribution < -0.4 is 0 Å². The van der Waals surface area contributed by atoms with Crippen LogP contribution >= 0.6 is 0 Å². The van der Waals surface area contributed by atoms with Crippen LogP contribution in [0.2, 0.25) is 0 Å². The van der Waals surface area contributed by atoms with E-state index in [1.165, 1.54) is 0 Å². The number of ketones is 1. The van der Waals surface area contributed by atoms with Gasteiger partial charge in [0, 0.05) is 17.6 Å². The maximum Gasteiger partial charge on any atom is 0.336 e. The van der Waals surface area contributed by atoms with Gasteiger partial charge in [0.1, 0.15) is 0 Å². The molecule has 0 heterocycles. The molecule has 0 saturated heterocycles. The lowest BCUT2D eigenvalue weighted by atomic mass is 10.00. The second-order valence-electron chi connectivity index (χ2n) is 6.19. The number of carboxylic acid groups (broad SMARTS) is 1. The third-order valence-corrected chi connectivity index (χ3v) is 4.23. The van der Waals surface area contributed by atoms with Gasteiger partial charge >= 0.3 is 5.97 Å². The molecule has 1 N–H and O–H groups in total. The maximum absolute atomic E-state index is 12.7. The van der Waals surface area contributed by atoms with E-state index >= 15 is 0 Å². The molecule has 0 amide bonds. The van der Waals surface area contributed by atoms with E-state index < -0.39 is 5.97 Å². The monoisotopic (exact) mass is 306 g/mol. The topological polar surface area (TPSA) is 54.4 Å². The molecule has 3 heteroatoms. The zero-order chi connectivity index (χ0) is 16.7. The second kappa shape index (κ2) is 5.51. The fourth-order valence-electron chi connectivity index (χ4n) is 3.27. The number of hydrogen-bond donors (Lipinski definition) is 1. The number of allylic oxidation sites excluding steroid dienone is 1. The summed E-state index contributed by atoms with van der Waals surface area (Å²) in [5.74, 6) is -0.970. The largest absolute Gasteiger partial charge is 0.478 e. The number of benzene rings is 2. The van der Waals surface area contributed by atoms with Crippen LogP contribution in [0.25, 0.3) is 6.08 Å². The third-order valence-electron chi connectivity index (χ3n) is 4.23. The lowest BCUT2D eigenvalue weighted by Crippen LogP contribution is -2.02. The minimum absolute atomic E-state index is 0.00958. The Morgan fingerprint density at radius 2 is 1.83 bits per heavy atom. The SMILES string of the molecule is Cc1ccc(C(=O)O)c(/C=C2\Cc3cc(C)cc(C)c3C2=O)c1. The van der Waals surface area contributed by atoms with E-state index in [-0.39, 0.29) is 11.3 Å². The highest BCUT2D eigenvalue weighted by atomic mass is 16.4. The van der Waals surface area contributed by atoms with Gasteiger partial charge < -0.3 is 5.11 Å². The standard InChI is InChI=1S/C20H18O3/c1-11-4-5-17(20(22)23)14(7-11)9-16-10-15-8-12(2)6-13(3)18(15)19(16)21/h4-9H,10H2,1-3H3,(H,22,23)/b16-9+. The zero-order valence-electron chi connectivity index (χ0n) is 13.4. The first-order valence-electron chi connectivity index (χ1n) is 7.56. The highest BCUT2D eigenvalue weighted by Gasteiger charge is 2.27. The number of carbonyl (C=O) groups excluding carboxylic acids is 1. The number of rotatable bonds is 2. The first-order valence-corrected chi connectivity index (χ1v) is 7.56. The average Bonchev–Trinajstić information content (AvgIpc) is 2.74. The number of fused-ring (bicyclic) bond motifs is 1. The van der Waals surface area contributed by atoms with Crippen LogP contribution in [-0.2, 0) is 6.42 Å². The maximum atomic E-state index is 12.7. The van der Waals surface area contributed by atoms with Crippen molar-refractivity contribution in [1.29, 1.82) is 0 Å². The normalized spacial score (nSPS) is 15.1. The molecular formula is C20H18O3. The molecule has 0 spiro atoms. The summed E-state index contributed by atoms with van der Waals surface area (Å²) in [6.45, 7) is 5.87. The Kier molecular flexibility index (Phi) is 3.64. The fraction of sp³-hybridized carbons (Fsp3) is 0.200. The van der Waals surface area contributed by atoms with Crippen molar-refractivity contribution in [2.45, 2.75) is 27.2 Å². The van der Waals surface area contributed by atoms with Gasteiger partial charge in [0.25, 0.3) is 0 Å². The Hall–Kier alpha value is -2.68. The molecular weight excluding hydrogens is 288 g/mol. The summed E-state index contributed by atoms with van der Waals surface area (Å²) in [6.07, 6.45) is 2.29. The van der Waals surface area contributed by atoms with Crippen molar-refractivity contribution in [2.24, 2.45) is 0 Å². The molecule has 0 fully saturated rings. The lowest BCUT2D eigenvalue weighted by Gasteiger charge is -2.04. The zero-order valence-corrected chi connectivity index (χ0v) is 13.4. The highest BCUT2D eigenvalue weighted by Crippen LogP contribution is 2.31. The van der Waals surface area contributed by atoms with Gasteiger partial charge in [-0.2, -0.15) is 0 Å². The van der Waals surface area contributed by atoms with Crippen molar-refractivity contribution in [2.75, 3.05) is 0 Å². The Morgan fingerprint density at radius 3 is 2.52 bits per heavy atom. The van der Waals surface area contributed by atoms with E-state index in [0.717, 1.165) is 27.8 Å². The van der Waals surface area contributed by atoms with Crippen molar-refractivity contribution >= 4 is 17.8 Å². The van der Waals surface area contributed by atoms with E-state index in [4.69, 9.17) is 0 Å². The molecule has 23 heavy (non-hydrogen) atoms. The van der Waals surface area contributed by atoms with Crippen LogP contribution in [-0.4, -0.2) is 16.9 Å². The molecule has 1 aliphatic carbocycles. The summed E-state index contributed by atoms with van der Waals surface area (Å²) in [6, 6.07) is 9.21. The van der Waals surface area contributed by atoms with E-state index in [1.807, 2.05) is 39.0 Å². The predicted octanol–water partition coefficient (Wildman–Crippen LogP) is 4.13. The van der Waals surface area contributed by atoms with Crippen molar-refractivity contribution in [3.63, 3.8) is 0 Å². The Morgan fingerprint density at radius 1 is 1.09 bits per heavy atom. The summed E-state index contributed by atoms with van der Waals surface area (Å²) in [4.78, 5) is 24.1. The van der Waals surface area contributed by atoms with Crippen molar-refractivity contribution < 1.29 is 14.7 Å². The molecule has 3 nitrogen and oxygen atoms in total. The smallest absolute Gasteiger partial charge is 0.336 e. The molecule has 0 atom stereocenters. The number of carbonyl (C=O) groups is 2. The molecule has 0 saturated carbocycles. The summed E-state index contributed by atoms with van der Waals surface area (Å²) in [5, 5.41) is 9.34. The molecule has 0 bridgehead atoms. The van der Waals surface area contributed by atoms with Gasteiger partial charge in [0.15, 0.2) is 5.78 Å². The molecule has 0 radical (unpaired) electrons. The number of aryl methyl sites for hydroxylation is 3. The van der Waals surface area contributed by atoms with Crippen LogP contribution in [0.5, 0.6) is 0 Å². The van der Waals surface area contributed by atoms with Crippen LogP contribution in [0.4, 0.5) is 0 Å². The highest BCUT2D eigenvalue weighted by molar-refractivity contribution is 6.16. The van der Waals surface area contributed by atoms with Gasteiger partial charge in [-0.15, -0.1) is 0 Å². The summed E-state index contributed by atoms with van der Waals surface area (Å²) in [5.41, 5.74) is 6.35. The molecule has 3 rings (SSSR count). The third kappa shape index (κ3) is 2.70. The Bertz CT molecular complexity index is 873. The van der Waals surface area contributed by atoms with Gasteiger partial charge in [-0.05, 0) is 49.6 Å². The van der Waals surface area contributed by atoms with Gasteiger partial charge in [-0.3, -0.25) is 4.79 Å². The molecule has 2 aromatic rings. The molecule has 0 aliphatic heterocycles.